The third-order valence-corrected chi connectivity index (χ3v) is 7.23. The van der Waals surface area contributed by atoms with E-state index < -0.39 is 15.6 Å². The summed E-state index contributed by atoms with van der Waals surface area (Å²) < 4.78 is 29.5. The maximum atomic E-state index is 12.6. The molecule has 1 fully saturated rings. The molecular weight excluding hydrogens is 428 g/mol. The van der Waals surface area contributed by atoms with Gasteiger partial charge in [-0.15, -0.1) is 0 Å². The van der Waals surface area contributed by atoms with Crippen molar-refractivity contribution in [1.82, 2.24) is 19.5 Å². The Morgan fingerprint density at radius 3 is 2.56 bits per heavy atom. The first-order chi connectivity index (χ1) is 15.1. The van der Waals surface area contributed by atoms with Crippen LogP contribution in [-0.2, 0) is 10.0 Å². The number of hydrogen-bond acceptors (Lipinski definition) is 6. The lowest BCUT2D eigenvalue weighted by Gasteiger charge is -2.20. The van der Waals surface area contributed by atoms with Crippen molar-refractivity contribution in [2.45, 2.75) is 56.5 Å². The number of aromatic nitrogens is 3. The maximum Gasteiger partial charge on any atom is 0.261 e. The molecule has 2 heterocycles. The van der Waals surface area contributed by atoms with Gasteiger partial charge in [0.25, 0.3) is 5.56 Å². The highest BCUT2D eigenvalue weighted by molar-refractivity contribution is 7.89. The van der Waals surface area contributed by atoms with Gasteiger partial charge in [-0.25, -0.2) is 13.1 Å². The van der Waals surface area contributed by atoms with E-state index in [0.29, 0.717) is 22.4 Å². The van der Waals surface area contributed by atoms with Crippen LogP contribution in [0, 0.1) is 17.2 Å². The van der Waals surface area contributed by atoms with E-state index in [2.05, 4.69) is 26.2 Å². The summed E-state index contributed by atoms with van der Waals surface area (Å²) >= 11 is 0. The van der Waals surface area contributed by atoms with Gasteiger partial charge in [-0.3, -0.25) is 9.48 Å². The molecule has 0 radical (unpaired) electrons. The zero-order chi connectivity index (χ0) is 23.1. The van der Waals surface area contributed by atoms with Crippen LogP contribution in [0.25, 0.3) is 10.9 Å². The van der Waals surface area contributed by atoms with Gasteiger partial charge in [-0.05, 0) is 70.4 Å². The Labute approximate surface area is 186 Å². The van der Waals surface area contributed by atoms with Crippen molar-refractivity contribution >= 4 is 32.4 Å². The Kier molecular flexibility index (Phi) is 5.56. The second kappa shape index (κ2) is 8.07. The molecule has 2 atom stereocenters. The summed E-state index contributed by atoms with van der Waals surface area (Å²) in [6, 6.07) is 10.3. The molecule has 1 aromatic carbocycles. The minimum Gasteiger partial charge on any atom is -0.338 e. The van der Waals surface area contributed by atoms with Crippen molar-refractivity contribution in [2.75, 3.05) is 5.32 Å². The average Bonchev–Trinajstić information content (AvgIpc) is 3.31. The quantitative estimate of drug-likeness (QED) is 0.541. The molecule has 3 aromatic rings. The first-order valence-corrected chi connectivity index (χ1v) is 12.0. The van der Waals surface area contributed by atoms with Gasteiger partial charge in [-0.2, -0.15) is 10.4 Å². The van der Waals surface area contributed by atoms with Gasteiger partial charge in [0.05, 0.1) is 28.4 Å². The summed E-state index contributed by atoms with van der Waals surface area (Å²) in [5, 5.41) is 17.7. The van der Waals surface area contributed by atoms with Crippen molar-refractivity contribution in [1.29, 1.82) is 5.26 Å². The number of benzene rings is 1. The highest BCUT2D eigenvalue weighted by Gasteiger charge is 2.31. The monoisotopic (exact) mass is 454 g/mol. The molecule has 0 saturated heterocycles. The predicted molar refractivity (Wildman–Crippen MR) is 122 cm³/mol. The summed E-state index contributed by atoms with van der Waals surface area (Å²) in [7, 11) is -3.65. The molecule has 10 heteroatoms. The first-order valence-electron chi connectivity index (χ1n) is 10.5. The fourth-order valence-corrected chi connectivity index (χ4v) is 5.56. The lowest BCUT2D eigenvalue weighted by molar-refractivity contribution is 0.423. The van der Waals surface area contributed by atoms with Crippen molar-refractivity contribution < 1.29 is 8.42 Å². The van der Waals surface area contributed by atoms with Crippen molar-refractivity contribution in [2.24, 2.45) is 5.92 Å². The van der Waals surface area contributed by atoms with Crippen molar-refractivity contribution in [3.8, 4) is 6.07 Å². The Bertz CT molecular complexity index is 1340. The number of aromatic amines is 1. The fourth-order valence-electron chi connectivity index (χ4n) is 4.14. The molecule has 9 nitrogen and oxygen atoms in total. The van der Waals surface area contributed by atoms with Gasteiger partial charge in [0.2, 0.25) is 10.0 Å². The van der Waals surface area contributed by atoms with Crippen molar-refractivity contribution in [3.63, 3.8) is 0 Å². The number of nitriles is 1. The Balaban J connectivity index is 1.68. The van der Waals surface area contributed by atoms with E-state index >= 15 is 0 Å². The van der Waals surface area contributed by atoms with Crippen LogP contribution in [-0.4, -0.2) is 28.7 Å². The molecule has 0 bridgehead atoms. The van der Waals surface area contributed by atoms with Crippen LogP contribution in [0.3, 0.4) is 0 Å². The maximum absolute atomic E-state index is 12.6. The lowest BCUT2D eigenvalue weighted by atomic mass is 10.1. The van der Waals surface area contributed by atoms with Crippen LogP contribution in [0.2, 0.25) is 0 Å². The smallest absolute Gasteiger partial charge is 0.261 e. The second-order valence-corrected chi connectivity index (χ2v) is 10.8. The fraction of sp³-hybridized carbons (Fsp3) is 0.409. The number of hydrogen-bond donors (Lipinski definition) is 3. The SMILES string of the molecule is CC(C)(C)NS(=O)(=O)c1ccc(Nc2nn([C@H]3CCC[C@@H]3C#N)c3cc[nH]c(=O)c23)cc1. The van der Waals surface area contributed by atoms with E-state index in [1.165, 1.54) is 12.1 Å². The summed E-state index contributed by atoms with van der Waals surface area (Å²) in [5.41, 5.74) is 0.385. The predicted octanol–water partition coefficient (Wildman–Crippen LogP) is 3.41. The molecule has 0 unspecified atom stereocenters. The number of pyridine rings is 1. The van der Waals surface area contributed by atoms with Crippen LogP contribution in [0.1, 0.15) is 46.1 Å². The zero-order valence-electron chi connectivity index (χ0n) is 18.2. The normalized spacial score (nSPS) is 19.2. The van der Waals surface area contributed by atoms with Crippen LogP contribution in [0.4, 0.5) is 11.5 Å². The topological polar surface area (TPSA) is 133 Å². The van der Waals surface area contributed by atoms with Gasteiger partial charge >= 0.3 is 0 Å². The summed E-state index contributed by atoms with van der Waals surface area (Å²) in [6.07, 6.45) is 4.15. The number of fused-ring (bicyclic) bond motifs is 1. The number of sulfonamides is 1. The van der Waals surface area contributed by atoms with Crippen LogP contribution in [0.15, 0.2) is 46.2 Å². The molecule has 0 spiro atoms. The van der Waals surface area contributed by atoms with Gasteiger partial charge in [-0.1, -0.05) is 0 Å². The van der Waals surface area contributed by atoms with Gasteiger partial charge in [0.1, 0.15) is 5.39 Å². The highest BCUT2D eigenvalue weighted by atomic mass is 32.2. The Morgan fingerprint density at radius 2 is 1.91 bits per heavy atom. The van der Waals surface area contributed by atoms with E-state index in [4.69, 9.17) is 0 Å². The Hall–Kier alpha value is -3.16. The first kappa shape index (κ1) is 22.0. The minimum absolute atomic E-state index is 0.0872. The van der Waals surface area contributed by atoms with E-state index in [9.17, 15) is 18.5 Å². The Morgan fingerprint density at radius 1 is 1.19 bits per heavy atom. The second-order valence-electron chi connectivity index (χ2n) is 9.10. The van der Waals surface area contributed by atoms with Crippen LogP contribution in [0.5, 0.6) is 0 Å². The summed E-state index contributed by atoms with van der Waals surface area (Å²) in [5.74, 6) is 0.221. The van der Waals surface area contributed by atoms with Gasteiger partial charge in [0, 0.05) is 17.4 Å². The number of H-pyrrole nitrogens is 1. The average molecular weight is 455 g/mol. The van der Waals surface area contributed by atoms with E-state index in [-0.39, 0.29) is 22.4 Å². The number of anilines is 2. The highest BCUT2D eigenvalue weighted by Crippen LogP contribution is 2.38. The number of nitrogens with zero attached hydrogens (tertiary/aromatic N) is 3. The van der Waals surface area contributed by atoms with E-state index in [1.54, 1.807) is 49.8 Å². The van der Waals surface area contributed by atoms with E-state index in [1.807, 2.05) is 0 Å². The van der Waals surface area contributed by atoms with Gasteiger partial charge < -0.3 is 10.3 Å². The molecule has 3 N–H and O–H groups in total. The van der Waals surface area contributed by atoms with E-state index in [0.717, 1.165) is 19.3 Å². The molecule has 1 aliphatic rings. The standard InChI is InChI=1S/C22H26N6O3S/c1-22(2,3)27-32(30,31)16-9-7-15(8-10-16)25-20-19-18(11-12-24-21(19)29)28(26-20)17-6-4-5-14(17)13-23/h7-12,14,17,27H,4-6H2,1-3H3,(H,24,29)(H,25,26)/t14-,17+/m1/s1. The third-order valence-electron chi connectivity index (χ3n) is 5.46. The molecule has 2 aromatic heterocycles. The van der Waals surface area contributed by atoms with Crippen LogP contribution < -0.4 is 15.6 Å². The third kappa shape index (κ3) is 4.26. The summed E-state index contributed by atoms with van der Waals surface area (Å²) in [6.45, 7) is 5.34. The molecule has 0 aliphatic heterocycles. The number of rotatable bonds is 5. The molecular formula is C22H26N6O3S. The molecule has 0 amide bonds. The van der Waals surface area contributed by atoms with Crippen LogP contribution >= 0.6 is 0 Å². The molecule has 1 aliphatic carbocycles. The molecule has 32 heavy (non-hydrogen) atoms. The van der Waals surface area contributed by atoms with Gasteiger partial charge in [0.15, 0.2) is 5.82 Å². The largest absolute Gasteiger partial charge is 0.338 e. The molecule has 1 saturated carbocycles. The molecule has 168 valence electrons. The minimum atomic E-state index is -3.65. The summed E-state index contributed by atoms with van der Waals surface area (Å²) in [4.78, 5) is 15.4. The molecule has 4 rings (SSSR count). The van der Waals surface area contributed by atoms with Crippen molar-refractivity contribution in [3.05, 3.63) is 46.9 Å². The number of nitrogens with one attached hydrogen (secondary N) is 3. The zero-order valence-corrected chi connectivity index (χ0v) is 19.0. The lowest BCUT2D eigenvalue weighted by Crippen LogP contribution is -2.40.